The van der Waals surface area contributed by atoms with Crippen LogP contribution in [0.5, 0.6) is 0 Å². The van der Waals surface area contributed by atoms with Gasteiger partial charge in [-0.3, -0.25) is 4.79 Å². The number of benzene rings is 1. The van der Waals surface area contributed by atoms with Gasteiger partial charge in [-0.2, -0.15) is 0 Å². The molecule has 1 aromatic carbocycles. The molecule has 79 valence electrons. The minimum Gasteiger partial charge on any atom is -0.339 e. The maximum Gasteiger partial charge on any atom is 0.253 e. The first-order valence-electron chi connectivity index (χ1n) is 5.45. The van der Waals surface area contributed by atoms with Crippen LogP contribution in [0.3, 0.4) is 0 Å². The van der Waals surface area contributed by atoms with Crippen molar-refractivity contribution in [1.29, 1.82) is 0 Å². The molecule has 0 unspecified atom stereocenters. The molecule has 1 fully saturated rings. The van der Waals surface area contributed by atoms with E-state index in [0.717, 1.165) is 31.5 Å². The molecule has 1 aromatic rings. The maximum atomic E-state index is 12.0. The van der Waals surface area contributed by atoms with Crippen LogP contribution in [0, 0.1) is 12.8 Å². The van der Waals surface area contributed by atoms with Gasteiger partial charge < -0.3 is 4.90 Å². The van der Waals surface area contributed by atoms with Crippen LogP contribution in [-0.2, 0) is 0 Å². The van der Waals surface area contributed by atoms with Crippen LogP contribution in [0.25, 0.3) is 0 Å². The van der Waals surface area contributed by atoms with Crippen molar-refractivity contribution in [2.45, 2.75) is 12.8 Å². The third-order valence-electron chi connectivity index (χ3n) is 2.92. The summed E-state index contributed by atoms with van der Waals surface area (Å²) < 4.78 is 0. The molecular weight excluding hydrogens is 186 g/mol. The van der Waals surface area contributed by atoms with Crippen molar-refractivity contribution >= 4 is 5.91 Å². The zero-order chi connectivity index (χ0) is 10.7. The zero-order valence-electron chi connectivity index (χ0n) is 8.86. The van der Waals surface area contributed by atoms with E-state index in [1.54, 1.807) is 0 Å². The van der Waals surface area contributed by atoms with Gasteiger partial charge in [0.1, 0.15) is 0 Å². The Kier molecular flexibility index (Phi) is 3.05. The first-order chi connectivity index (χ1) is 7.27. The summed E-state index contributed by atoms with van der Waals surface area (Å²) in [6.07, 6.45) is 2.05. The predicted octanol–water partition coefficient (Wildman–Crippen LogP) is 2.37. The lowest BCUT2D eigenvalue weighted by Gasteiger charge is -2.30. The first-order valence-corrected chi connectivity index (χ1v) is 5.45. The summed E-state index contributed by atoms with van der Waals surface area (Å²) in [5.41, 5.74) is 0.792. The molecule has 1 aliphatic rings. The largest absolute Gasteiger partial charge is 0.339 e. The van der Waals surface area contributed by atoms with Gasteiger partial charge in [0.15, 0.2) is 0 Å². The third kappa shape index (κ3) is 2.38. The Morgan fingerprint density at radius 3 is 2.40 bits per heavy atom. The lowest BCUT2D eigenvalue weighted by molar-refractivity contribution is 0.0705. The molecule has 1 heterocycles. The van der Waals surface area contributed by atoms with Crippen LogP contribution in [0.4, 0.5) is 0 Å². The van der Waals surface area contributed by atoms with Gasteiger partial charge >= 0.3 is 0 Å². The highest BCUT2D eigenvalue weighted by molar-refractivity contribution is 5.94. The van der Waals surface area contributed by atoms with Gasteiger partial charge in [0.25, 0.3) is 5.91 Å². The Morgan fingerprint density at radius 1 is 1.20 bits per heavy atom. The SMILES string of the molecule is [CH2]C1CCN(C(=O)c2ccccc2)CC1. The van der Waals surface area contributed by atoms with E-state index >= 15 is 0 Å². The van der Waals surface area contributed by atoms with Gasteiger partial charge in [0.2, 0.25) is 0 Å². The minimum absolute atomic E-state index is 0.155. The molecule has 15 heavy (non-hydrogen) atoms. The van der Waals surface area contributed by atoms with E-state index in [2.05, 4.69) is 6.92 Å². The van der Waals surface area contributed by atoms with E-state index in [1.165, 1.54) is 0 Å². The Balaban J connectivity index is 2.03. The number of hydrogen-bond donors (Lipinski definition) is 0. The van der Waals surface area contributed by atoms with Gasteiger partial charge in [0, 0.05) is 18.7 Å². The molecule has 0 saturated carbocycles. The first kappa shape index (κ1) is 10.2. The van der Waals surface area contributed by atoms with E-state index < -0.39 is 0 Å². The predicted molar refractivity (Wildman–Crippen MR) is 60.4 cm³/mol. The van der Waals surface area contributed by atoms with E-state index in [-0.39, 0.29) is 5.91 Å². The second kappa shape index (κ2) is 4.47. The summed E-state index contributed by atoms with van der Waals surface area (Å²) >= 11 is 0. The number of piperidine rings is 1. The highest BCUT2D eigenvalue weighted by Gasteiger charge is 2.20. The lowest BCUT2D eigenvalue weighted by atomic mass is 9.98. The standard InChI is InChI=1S/C13H16NO/c1-11-7-9-14(10-8-11)13(15)12-5-3-2-4-6-12/h2-6,11H,1,7-10H2. The van der Waals surface area contributed by atoms with Gasteiger partial charge in [-0.15, -0.1) is 0 Å². The van der Waals surface area contributed by atoms with Gasteiger partial charge in [-0.1, -0.05) is 25.1 Å². The van der Waals surface area contributed by atoms with E-state index in [1.807, 2.05) is 35.2 Å². The highest BCUT2D eigenvalue weighted by Crippen LogP contribution is 2.17. The summed E-state index contributed by atoms with van der Waals surface area (Å²) in [6.45, 7) is 5.72. The molecule has 0 aliphatic carbocycles. The summed E-state index contributed by atoms with van der Waals surface area (Å²) in [5, 5.41) is 0. The fraction of sp³-hybridized carbons (Fsp3) is 0.385. The molecule has 1 saturated heterocycles. The van der Waals surface area contributed by atoms with Crippen molar-refractivity contribution in [3.63, 3.8) is 0 Å². The zero-order valence-corrected chi connectivity index (χ0v) is 8.86. The van der Waals surface area contributed by atoms with Gasteiger partial charge in [-0.05, 0) is 30.9 Å². The van der Waals surface area contributed by atoms with Crippen LogP contribution in [0.2, 0.25) is 0 Å². The number of hydrogen-bond acceptors (Lipinski definition) is 1. The Bertz CT molecular complexity index is 326. The lowest BCUT2D eigenvalue weighted by Crippen LogP contribution is -2.37. The maximum absolute atomic E-state index is 12.0. The van der Waals surface area contributed by atoms with Crippen molar-refractivity contribution < 1.29 is 4.79 Å². The topological polar surface area (TPSA) is 20.3 Å². The average molecular weight is 202 g/mol. The molecular formula is C13H16NO. The van der Waals surface area contributed by atoms with Crippen LogP contribution < -0.4 is 0 Å². The number of carbonyl (C=O) groups is 1. The minimum atomic E-state index is 0.155. The summed E-state index contributed by atoms with van der Waals surface area (Å²) in [7, 11) is 0. The third-order valence-corrected chi connectivity index (χ3v) is 2.92. The molecule has 1 amide bonds. The van der Waals surface area contributed by atoms with E-state index in [4.69, 9.17) is 0 Å². The van der Waals surface area contributed by atoms with Crippen LogP contribution in [0.1, 0.15) is 23.2 Å². The summed E-state index contributed by atoms with van der Waals surface area (Å²) in [4.78, 5) is 13.9. The normalized spacial score (nSPS) is 17.8. The second-order valence-corrected chi connectivity index (χ2v) is 4.10. The Morgan fingerprint density at radius 2 is 1.80 bits per heavy atom. The summed E-state index contributed by atoms with van der Waals surface area (Å²) in [6, 6.07) is 9.49. The quantitative estimate of drug-likeness (QED) is 0.684. The number of likely N-dealkylation sites (tertiary alicyclic amines) is 1. The van der Waals surface area contributed by atoms with Crippen molar-refractivity contribution in [2.75, 3.05) is 13.1 Å². The fourth-order valence-corrected chi connectivity index (χ4v) is 1.90. The fourth-order valence-electron chi connectivity index (χ4n) is 1.90. The molecule has 1 radical (unpaired) electrons. The van der Waals surface area contributed by atoms with Crippen molar-refractivity contribution in [1.82, 2.24) is 4.90 Å². The van der Waals surface area contributed by atoms with Crippen LogP contribution in [-0.4, -0.2) is 23.9 Å². The number of rotatable bonds is 1. The van der Waals surface area contributed by atoms with E-state index in [0.29, 0.717) is 5.92 Å². The average Bonchev–Trinajstić information content (AvgIpc) is 2.30. The Labute approximate surface area is 90.9 Å². The number of amides is 1. The van der Waals surface area contributed by atoms with Gasteiger partial charge in [-0.25, -0.2) is 0 Å². The van der Waals surface area contributed by atoms with E-state index in [9.17, 15) is 4.79 Å². The molecule has 0 spiro atoms. The molecule has 2 nitrogen and oxygen atoms in total. The second-order valence-electron chi connectivity index (χ2n) is 4.10. The molecule has 2 rings (SSSR count). The van der Waals surface area contributed by atoms with Gasteiger partial charge in [0.05, 0.1) is 0 Å². The molecule has 2 heteroatoms. The molecule has 0 atom stereocenters. The van der Waals surface area contributed by atoms with Crippen LogP contribution >= 0.6 is 0 Å². The summed E-state index contributed by atoms with van der Waals surface area (Å²) in [5.74, 6) is 0.673. The highest BCUT2D eigenvalue weighted by atomic mass is 16.2. The van der Waals surface area contributed by atoms with Crippen molar-refractivity contribution in [2.24, 2.45) is 5.92 Å². The number of nitrogens with zero attached hydrogens (tertiary/aromatic N) is 1. The molecule has 0 aromatic heterocycles. The van der Waals surface area contributed by atoms with Crippen LogP contribution in [0.15, 0.2) is 30.3 Å². The molecule has 1 aliphatic heterocycles. The van der Waals surface area contributed by atoms with Crippen molar-refractivity contribution in [3.8, 4) is 0 Å². The molecule has 0 N–H and O–H groups in total. The Hall–Kier alpha value is -1.31. The smallest absolute Gasteiger partial charge is 0.253 e. The molecule has 0 bridgehead atoms. The number of carbonyl (C=O) groups excluding carboxylic acids is 1. The monoisotopic (exact) mass is 202 g/mol. The van der Waals surface area contributed by atoms with Crippen molar-refractivity contribution in [3.05, 3.63) is 42.8 Å².